The summed E-state index contributed by atoms with van der Waals surface area (Å²) in [4.78, 5) is 20.3. The predicted molar refractivity (Wildman–Crippen MR) is 111 cm³/mol. The van der Waals surface area contributed by atoms with Crippen molar-refractivity contribution in [3.8, 4) is 5.75 Å². The number of rotatable bonds is 5. The second-order valence-electron chi connectivity index (χ2n) is 7.00. The van der Waals surface area contributed by atoms with Crippen LogP contribution in [0.4, 0.5) is 30.5 Å². The summed E-state index contributed by atoms with van der Waals surface area (Å²) in [6.07, 6.45) is -1.45. The van der Waals surface area contributed by atoms with Crippen LogP contribution in [0.1, 0.15) is 10.4 Å². The smallest absolute Gasteiger partial charge is 0.406 e. The van der Waals surface area contributed by atoms with Gasteiger partial charge in [0.05, 0.1) is 11.9 Å². The van der Waals surface area contributed by atoms with E-state index in [1.807, 2.05) is 23.1 Å². The van der Waals surface area contributed by atoms with Gasteiger partial charge in [0, 0.05) is 37.9 Å². The fraction of sp³-hybridized carbons (Fsp3) is 0.238. The monoisotopic (exact) mass is 444 g/mol. The number of carbonyl (C=O) groups is 1. The van der Waals surface area contributed by atoms with Crippen molar-refractivity contribution in [3.05, 3.63) is 66.5 Å². The molecule has 0 atom stereocenters. The van der Waals surface area contributed by atoms with E-state index in [1.54, 1.807) is 23.4 Å². The zero-order valence-electron chi connectivity index (χ0n) is 16.8. The number of carbonyl (C=O) groups excluding carboxylic acids is 1. The van der Waals surface area contributed by atoms with Crippen molar-refractivity contribution in [1.29, 1.82) is 0 Å². The molecular weight excluding hydrogens is 425 g/mol. The van der Waals surface area contributed by atoms with Crippen LogP contribution in [0.5, 0.6) is 5.75 Å². The molecule has 1 amide bonds. The summed E-state index contributed by atoms with van der Waals surface area (Å²) in [6.45, 7) is 1.85. The number of hydrogen-bond acceptors (Lipinski definition) is 7. The van der Waals surface area contributed by atoms with E-state index in [9.17, 15) is 18.0 Å². The molecule has 0 unspecified atom stereocenters. The molecule has 1 fully saturated rings. The first-order valence-electron chi connectivity index (χ1n) is 9.78. The Labute approximate surface area is 181 Å². The van der Waals surface area contributed by atoms with E-state index >= 15 is 0 Å². The Balaban J connectivity index is 1.34. The maximum Gasteiger partial charge on any atom is 0.573 e. The van der Waals surface area contributed by atoms with Gasteiger partial charge in [-0.05, 0) is 42.5 Å². The van der Waals surface area contributed by atoms with Gasteiger partial charge in [0.2, 0.25) is 0 Å². The lowest BCUT2D eigenvalue weighted by atomic mass is 10.1. The van der Waals surface area contributed by atoms with E-state index in [4.69, 9.17) is 0 Å². The molecule has 3 aromatic rings. The second kappa shape index (κ2) is 9.08. The quantitative estimate of drug-likeness (QED) is 0.645. The molecule has 0 aliphatic carbocycles. The molecule has 0 saturated carbocycles. The molecule has 1 aliphatic heterocycles. The lowest BCUT2D eigenvalue weighted by Gasteiger charge is -2.35. The predicted octanol–water partition coefficient (Wildman–Crippen LogP) is 3.48. The van der Waals surface area contributed by atoms with Crippen molar-refractivity contribution in [2.24, 2.45) is 0 Å². The molecule has 0 spiro atoms. The Hall–Kier alpha value is -3.89. The molecule has 11 heteroatoms. The van der Waals surface area contributed by atoms with Crippen molar-refractivity contribution < 1.29 is 22.7 Å². The van der Waals surface area contributed by atoms with Crippen molar-refractivity contribution >= 4 is 23.2 Å². The highest BCUT2D eigenvalue weighted by atomic mass is 19.4. The summed E-state index contributed by atoms with van der Waals surface area (Å²) in [5.41, 5.74) is 0.942. The van der Waals surface area contributed by atoms with Crippen LogP contribution in [-0.4, -0.2) is 58.5 Å². The van der Waals surface area contributed by atoms with Crippen LogP contribution in [0.15, 0.2) is 60.9 Å². The summed E-state index contributed by atoms with van der Waals surface area (Å²) in [5.74, 6) is 0.488. The molecule has 4 rings (SSSR count). The average molecular weight is 444 g/mol. The van der Waals surface area contributed by atoms with Gasteiger partial charge in [0.1, 0.15) is 5.75 Å². The van der Waals surface area contributed by atoms with Crippen LogP contribution in [0.3, 0.4) is 0 Å². The highest BCUT2D eigenvalue weighted by Crippen LogP contribution is 2.24. The summed E-state index contributed by atoms with van der Waals surface area (Å²) in [5, 5.41) is 11.5. The molecule has 8 nitrogen and oxygen atoms in total. The lowest BCUT2D eigenvalue weighted by molar-refractivity contribution is -0.274. The van der Waals surface area contributed by atoms with Crippen molar-refractivity contribution in [3.63, 3.8) is 0 Å². The number of pyridine rings is 1. The van der Waals surface area contributed by atoms with E-state index < -0.39 is 12.1 Å². The molecule has 0 radical (unpaired) electrons. The average Bonchev–Trinajstić information content (AvgIpc) is 2.79. The first-order valence-corrected chi connectivity index (χ1v) is 9.78. The Morgan fingerprint density at radius 2 is 1.81 bits per heavy atom. The van der Waals surface area contributed by atoms with Crippen molar-refractivity contribution in [2.75, 3.05) is 36.4 Å². The molecule has 2 aromatic heterocycles. The van der Waals surface area contributed by atoms with E-state index in [0.29, 0.717) is 37.8 Å². The van der Waals surface area contributed by atoms with Crippen LogP contribution in [-0.2, 0) is 0 Å². The molecule has 3 heterocycles. The third kappa shape index (κ3) is 5.42. The number of amides is 1. The van der Waals surface area contributed by atoms with Crippen LogP contribution in [0.2, 0.25) is 0 Å². The first kappa shape index (κ1) is 21.3. The number of nitrogens with zero attached hydrogens (tertiary/aromatic N) is 5. The van der Waals surface area contributed by atoms with Crippen LogP contribution in [0.25, 0.3) is 0 Å². The molecule has 32 heavy (non-hydrogen) atoms. The maximum absolute atomic E-state index is 12.7. The molecular formula is C21H19F3N6O2. The van der Waals surface area contributed by atoms with Gasteiger partial charge in [0.25, 0.3) is 5.91 Å². The number of alkyl halides is 3. The number of ether oxygens (including phenoxy) is 1. The van der Waals surface area contributed by atoms with E-state index in [0.717, 1.165) is 17.8 Å². The van der Waals surface area contributed by atoms with Crippen molar-refractivity contribution in [2.45, 2.75) is 6.36 Å². The molecule has 1 aliphatic rings. The van der Waals surface area contributed by atoms with Crippen LogP contribution >= 0.6 is 0 Å². The lowest BCUT2D eigenvalue weighted by Crippen LogP contribution is -2.49. The molecule has 0 bridgehead atoms. The largest absolute Gasteiger partial charge is 0.573 e. The highest BCUT2D eigenvalue weighted by Gasteiger charge is 2.31. The number of halogens is 3. The zero-order chi connectivity index (χ0) is 22.6. The summed E-state index contributed by atoms with van der Waals surface area (Å²) in [6, 6.07) is 12.4. The summed E-state index contributed by atoms with van der Waals surface area (Å²) in [7, 11) is 0. The Morgan fingerprint density at radius 3 is 2.47 bits per heavy atom. The number of benzene rings is 1. The van der Waals surface area contributed by atoms with E-state index in [1.165, 1.54) is 12.1 Å². The van der Waals surface area contributed by atoms with Gasteiger partial charge in [0.15, 0.2) is 11.6 Å². The number of aromatic nitrogens is 3. The van der Waals surface area contributed by atoms with E-state index in [2.05, 4.69) is 25.2 Å². The number of nitrogens with one attached hydrogen (secondary N) is 1. The normalized spacial score (nSPS) is 14.2. The second-order valence-corrected chi connectivity index (χ2v) is 7.00. The van der Waals surface area contributed by atoms with Gasteiger partial charge in [-0.1, -0.05) is 6.07 Å². The molecule has 1 aromatic carbocycles. The minimum atomic E-state index is -4.81. The van der Waals surface area contributed by atoms with Gasteiger partial charge in [-0.15, -0.1) is 23.4 Å². The number of hydrogen-bond donors (Lipinski definition) is 1. The summed E-state index contributed by atoms with van der Waals surface area (Å²) < 4.78 is 41.2. The van der Waals surface area contributed by atoms with Gasteiger partial charge >= 0.3 is 6.36 Å². The molecule has 1 N–H and O–H groups in total. The standard InChI is InChI=1S/C21H19F3N6O2/c22-21(23,24)32-17-5-1-3-15(13-17)20(31)30-11-9-29(10-12-30)19-7-6-18(27-28-19)26-16-4-2-8-25-14-16/h1-8,13-14H,9-12H2,(H,26,27). The molecule has 1 saturated heterocycles. The topological polar surface area (TPSA) is 83.5 Å². The van der Waals surface area contributed by atoms with Gasteiger partial charge in [-0.25, -0.2) is 0 Å². The fourth-order valence-corrected chi connectivity index (χ4v) is 3.29. The first-order chi connectivity index (χ1) is 15.4. The van der Waals surface area contributed by atoms with Crippen LogP contribution < -0.4 is 15.0 Å². The Morgan fingerprint density at radius 1 is 1.00 bits per heavy atom. The minimum absolute atomic E-state index is 0.144. The zero-order valence-corrected chi connectivity index (χ0v) is 16.8. The number of piperazine rings is 1. The van der Waals surface area contributed by atoms with Crippen molar-refractivity contribution in [1.82, 2.24) is 20.1 Å². The van der Waals surface area contributed by atoms with Crippen LogP contribution in [0, 0.1) is 0 Å². The van der Waals surface area contributed by atoms with Gasteiger partial charge < -0.3 is 19.9 Å². The third-order valence-corrected chi connectivity index (χ3v) is 4.79. The van der Waals surface area contributed by atoms with Gasteiger partial charge in [-0.3, -0.25) is 9.78 Å². The minimum Gasteiger partial charge on any atom is -0.406 e. The van der Waals surface area contributed by atoms with E-state index in [-0.39, 0.29) is 11.5 Å². The highest BCUT2D eigenvalue weighted by molar-refractivity contribution is 5.94. The third-order valence-electron chi connectivity index (χ3n) is 4.79. The SMILES string of the molecule is O=C(c1cccc(OC(F)(F)F)c1)N1CCN(c2ccc(Nc3cccnc3)nn2)CC1. The Bertz CT molecular complexity index is 1060. The maximum atomic E-state index is 12.7. The summed E-state index contributed by atoms with van der Waals surface area (Å²) >= 11 is 0. The Kier molecular flexibility index (Phi) is 6.06. The fourth-order valence-electron chi connectivity index (χ4n) is 3.29. The molecule has 166 valence electrons. The number of anilines is 3. The van der Waals surface area contributed by atoms with Gasteiger partial charge in [-0.2, -0.15) is 0 Å².